The van der Waals surface area contributed by atoms with Gasteiger partial charge >= 0.3 is 5.76 Å². The fourth-order valence-corrected chi connectivity index (χ4v) is 3.92. The van der Waals surface area contributed by atoms with E-state index in [1.807, 2.05) is 74.5 Å². The Morgan fingerprint density at radius 3 is 2.07 bits per heavy atom. The number of ether oxygens (including phenoxy) is 1. The Morgan fingerprint density at radius 2 is 1.53 bits per heavy atom. The van der Waals surface area contributed by atoms with Crippen LogP contribution in [0.5, 0.6) is 0 Å². The number of carbonyl (C=O) groups excluding carboxylic acids is 1. The molecule has 1 amide bonds. The molecule has 1 aromatic heterocycles. The summed E-state index contributed by atoms with van der Waals surface area (Å²) in [4.78, 5) is 27.0. The second kappa shape index (κ2) is 8.67. The maximum absolute atomic E-state index is 12.8. The molecule has 0 unspecified atom stereocenters. The van der Waals surface area contributed by atoms with Gasteiger partial charge in [0.2, 0.25) is 11.8 Å². The van der Waals surface area contributed by atoms with Crippen LogP contribution in [0.3, 0.4) is 0 Å². The van der Waals surface area contributed by atoms with Crippen molar-refractivity contribution in [2.24, 2.45) is 0 Å². The Morgan fingerprint density at radius 1 is 1.00 bits per heavy atom. The molecule has 0 aliphatic carbocycles. The van der Waals surface area contributed by atoms with Crippen LogP contribution >= 0.6 is 0 Å². The molecule has 30 heavy (non-hydrogen) atoms. The molecule has 1 aliphatic heterocycles. The highest BCUT2D eigenvalue weighted by Crippen LogP contribution is 2.29. The first-order valence-electron chi connectivity index (χ1n) is 10.1. The highest BCUT2D eigenvalue weighted by Gasteiger charge is 2.28. The van der Waals surface area contributed by atoms with Crippen LogP contribution < -0.4 is 5.76 Å². The number of benzene rings is 2. The van der Waals surface area contributed by atoms with Crippen molar-refractivity contribution in [1.29, 1.82) is 0 Å². The van der Waals surface area contributed by atoms with Crippen LogP contribution in [0.25, 0.3) is 0 Å². The molecule has 1 saturated heterocycles. The van der Waals surface area contributed by atoms with Gasteiger partial charge < -0.3 is 14.1 Å². The van der Waals surface area contributed by atoms with E-state index in [1.165, 1.54) is 0 Å². The van der Waals surface area contributed by atoms with Crippen molar-refractivity contribution in [3.05, 3.63) is 88.2 Å². The van der Waals surface area contributed by atoms with Gasteiger partial charge in [0.1, 0.15) is 6.54 Å². The second-order valence-electron chi connectivity index (χ2n) is 7.67. The van der Waals surface area contributed by atoms with Crippen molar-refractivity contribution < 1.29 is 13.9 Å². The zero-order valence-electron chi connectivity index (χ0n) is 17.1. The average molecular weight is 407 g/mol. The summed E-state index contributed by atoms with van der Waals surface area (Å²) < 4.78 is 12.3. The molecule has 0 radical (unpaired) electrons. The first kappa shape index (κ1) is 20.1. The molecule has 2 atom stereocenters. The summed E-state index contributed by atoms with van der Waals surface area (Å²) in [5.74, 6) is -0.867. The summed E-state index contributed by atoms with van der Waals surface area (Å²) >= 11 is 0. The van der Waals surface area contributed by atoms with Crippen LogP contribution in [0.1, 0.15) is 36.8 Å². The van der Waals surface area contributed by atoms with E-state index in [-0.39, 0.29) is 36.5 Å². The zero-order chi connectivity index (χ0) is 21.1. The molecule has 1 fully saturated rings. The largest absolute Gasteiger partial charge is 0.437 e. The SMILES string of the molecule is C[C@H]1CN(C(=O)Cn2nc(C(c3ccccc3)c3ccccc3)oc2=O)C[C@H](C)O1. The van der Waals surface area contributed by atoms with Crippen LogP contribution in [0.2, 0.25) is 0 Å². The zero-order valence-corrected chi connectivity index (χ0v) is 17.1. The van der Waals surface area contributed by atoms with Crippen LogP contribution in [-0.2, 0) is 16.1 Å². The molecule has 2 aromatic carbocycles. The minimum atomic E-state index is -0.635. The Kier molecular flexibility index (Phi) is 5.81. The van der Waals surface area contributed by atoms with Crippen molar-refractivity contribution in [2.75, 3.05) is 13.1 Å². The van der Waals surface area contributed by atoms with Crippen molar-refractivity contribution in [3.63, 3.8) is 0 Å². The number of nitrogens with zero attached hydrogens (tertiary/aromatic N) is 3. The fourth-order valence-electron chi connectivity index (χ4n) is 3.92. The maximum atomic E-state index is 12.8. The number of amides is 1. The summed E-state index contributed by atoms with van der Waals surface area (Å²) in [5, 5.41) is 4.39. The van der Waals surface area contributed by atoms with Gasteiger partial charge in [-0.1, -0.05) is 60.7 Å². The van der Waals surface area contributed by atoms with Gasteiger partial charge in [-0.25, -0.2) is 4.79 Å². The lowest BCUT2D eigenvalue weighted by Crippen LogP contribution is -2.49. The van der Waals surface area contributed by atoms with Crippen molar-refractivity contribution in [2.45, 2.75) is 38.5 Å². The molecule has 0 saturated carbocycles. The number of carbonyl (C=O) groups is 1. The summed E-state index contributed by atoms with van der Waals surface area (Å²) in [6, 6.07) is 19.5. The van der Waals surface area contributed by atoms with Gasteiger partial charge in [0.15, 0.2) is 0 Å². The van der Waals surface area contributed by atoms with E-state index in [0.717, 1.165) is 15.8 Å². The average Bonchev–Trinajstić information content (AvgIpc) is 3.08. The maximum Gasteiger partial charge on any atom is 0.437 e. The van der Waals surface area contributed by atoms with E-state index < -0.39 is 5.76 Å². The van der Waals surface area contributed by atoms with Gasteiger partial charge in [-0.3, -0.25) is 4.79 Å². The van der Waals surface area contributed by atoms with Gasteiger partial charge in [-0.2, -0.15) is 4.68 Å². The number of rotatable bonds is 5. The Bertz CT molecular complexity index is 996. The summed E-state index contributed by atoms with van der Waals surface area (Å²) in [6.45, 7) is 4.71. The molecule has 0 N–H and O–H groups in total. The standard InChI is InChI=1S/C23H25N3O4/c1-16-13-25(14-17(2)29-16)20(27)15-26-23(28)30-22(24-26)21(18-9-5-3-6-10-18)19-11-7-4-8-12-19/h3-12,16-17,21H,13-15H2,1-2H3/t16-,17-/m0/s1. The number of hydrogen-bond acceptors (Lipinski definition) is 5. The molecular weight excluding hydrogens is 382 g/mol. The normalized spacial score (nSPS) is 19.2. The van der Waals surface area contributed by atoms with E-state index >= 15 is 0 Å². The van der Waals surface area contributed by atoms with Gasteiger partial charge in [0.05, 0.1) is 18.1 Å². The Balaban J connectivity index is 1.61. The molecule has 1 aliphatic rings. The number of aromatic nitrogens is 2. The minimum absolute atomic E-state index is 0.0390. The molecule has 7 heteroatoms. The highest BCUT2D eigenvalue weighted by atomic mass is 16.5. The first-order chi connectivity index (χ1) is 14.5. The van der Waals surface area contributed by atoms with Crippen LogP contribution in [0.4, 0.5) is 0 Å². The minimum Gasteiger partial charge on any atom is -0.391 e. The van der Waals surface area contributed by atoms with E-state index in [0.29, 0.717) is 13.1 Å². The summed E-state index contributed by atoms with van der Waals surface area (Å²) in [5.41, 5.74) is 1.92. The summed E-state index contributed by atoms with van der Waals surface area (Å²) in [6.07, 6.45) is -0.0781. The number of hydrogen-bond donors (Lipinski definition) is 0. The third-order valence-electron chi connectivity index (χ3n) is 5.19. The Hall–Kier alpha value is -3.19. The second-order valence-corrected chi connectivity index (χ2v) is 7.67. The predicted molar refractivity (Wildman–Crippen MR) is 111 cm³/mol. The van der Waals surface area contributed by atoms with Gasteiger partial charge in [-0.05, 0) is 25.0 Å². The third-order valence-corrected chi connectivity index (χ3v) is 5.19. The van der Waals surface area contributed by atoms with Gasteiger partial charge in [0.25, 0.3) is 0 Å². The van der Waals surface area contributed by atoms with E-state index in [2.05, 4.69) is 5.10 Å². The molecular formula is C23H25N3O4. The lowest BCUT2D eigenvalue weighted by molar-refractivity contribution is -0.144. The topological polar surface area (TPSA) is 77.6 Å². The molecule has 0 bridgehead atoms. The quantitative estimate of drug-likeness (QED) is 0.650. The molecule has 0 spiro atoms. The monoisotopic (exact) mass is 407 g/mol. The van der Waals surface area contributed by atoms with E-state index in [4.69, 9.17) is 9.15 Å². The smallest absolute Gasteiger partial charge is 0.391 e. The van der Waals surface area contributed by atoms with Crippen molar-refractivity contribution in [1.82, 2.24) is 14.7 Å². The third kappa shape index (κ3) is 4.36. The number of morpholine rings is 1. The van der Waals surface area contributed by atoms with Crippen molar-refractivity contribution >= 4 is 5.91 Å². The highest BCUT2D eigenvalue weighted by molar-refractivity contribution is 5.76. The first-order valence-corrected chi connectivity index (χ1v) is 10.1. The van der Waals surface area contributed by atoms with Crippen LogP contribution in [-0.4, -0.2) is 45.9 Å². The van der Waals surface area contributed by atoms with Crippen molar-refractivity contribution in [3.8, 4) is 0 Å². The van der Waals surface area contributed by atoms with Gasteiger partial charge in [-0.15, -0.1) is 5.10 Å². The Labute approximate surface area is 174 Å². The lowest BCUT2D eigenvalue weighted by Gasteiger charge is -2.35. The van der Waals surface area contributed by atoms with Gasteiger partial charge in [0, 0.05) is 13.1 Å². The van der Waals surface area contributed by atoms with Crippen LogP contribution in [0, 0.1) is 0 Å². The molecule has 3 aromatic rings. The van der Waals surface area contributed by atoms with E-state index in [1.54, 1.807) is 4.90 Å². The van der Waals surface area contributed by atoms with Crippen LogP contribution in [0.15, 0.2) is 69.9 Å². The molecule has 7 nitrogen and oxygen atoms in total. The van der Waals surface area contributed by atoms with E-state index in [9.17, 15) is 9.59 Å². The summed E-state index contributed by atoms with van der Waals surface area (Å²) in [7, 11) is 0. The molecule has 4 rings (SSSR count). The lowest BCUT2D eigenvalue weighted by atomic mass is 9.91. The molecule has 2 heterocycles. The fraction of sp³-hybridized carbons (Fsp3) is 0.348. The predicted octanol–water partition coefficient (Wildman–Crippen LogP) is 2.65. The molecule has 156 valence electrons.